The van der Waals surface area contributed by atoms with Gasteiger partial charge in [0.2, 0.25) is 11.8 Å². The second-order valence-corrected chi connectivity index (χ2v) is 6.43. The summed E-state index contributed by atoms with van der Waals surface area (Å²) in [5.41, 5.74) is -0.0726. The van der Waals surface area contributed by atoms with Crippen molar-refractivity contribution >= 4 is 23.4 Å². The van der Waals surface area contributed by atoms with Gasteiger partial charge in [0, 0.05) is 11.3 Å². The number of phenols is 1. The Bertz CT molecular complexity index is 1090. The highest BCUT2D eigenvalue weighted by atomic mass is 32.2. The molecular formula is C16H15N5O5S. The molecule has 1 amide bonds. The summed E-state index contributed by atoms with van der Waals surface area (Å²) < 4.78 is 5.42. The smallest absolute Gasteiger partial charge is 0.325 e. The molecule has 0 aliphatic rings. The Hall–Kier alpha value is -3.34. The maximum atomic E-state index is 11.9. The van der Waals surface area contributed by atoms with Crippen LogP contribution < -0.4 is 16.6 Å². The monoisotopic (exact) mass is 389 g/mol. The summed E-state index contributed by atoms with van der Waals surface area (Å²) in [7, 11) is 0. The summed E-state index contributed by atoms with van der Waals surface area (Å²) >= 11 is 1.02. The van der Waals surface area contributed by atoms with E-state index < -0.39 is 11.2 Å². The van der Waals surface area contributed by atoms with Crippen molar-refractivity contribution in [1.29, 1.82) is 0 Å². The van der Waals surface area contributed by atoms with E-state index in [-0.39, 0.29) is 34.9 Å². The van der Waals surface area contributed by atoms with Crippen molar-refractivity contribution < 1.29 is 14.3 Å². The van der Waals surface area contributed by atoms with E-state index in [9.17, 15) is 19.5 Å². The van der Waals surface area contributed by atoms with Gasteiger partial charge in [0.1, 0.15) is 5.75 Å². The number of carbonyl (C=O) groups excluding carboxylic acids is 1. The molecular weight excluding hydrogens is 374 g/mol. The van der Waals surface area contributed by atoms with Crippen LogP contribution in [0.15, 0.2) is 43.5 Å². The van der Waals surface area contributed by atoms with Gasteiger partial charge in [-0.05, 0) is 19.1 Å². The normalized spacial score (nSPS) is 10.7. The molecule has 0 spiro atoms. The minimum absolute atomic E-state index is 0.00572. The van der Waals surface area contributed by atoms with E-state index in [1.807, 2.05) is 0 Å². The SMILES string of the molecule is Cc1[nH]c(=O)[nH]c(=O)c1Cc1nnc(SCC(=O)Nc2ccccc2O)o1. The lowest BCUT2D eigenvalue weighted by Gasteiger charge is -2.05. The van der Waals surface area contributed by atoms with Gasteiger partial charge in [0.05, 0.1) is 17.9 Å². The first-order valence-electron chi connectivity index (χ1n) is 7.77. The number of nitrogens with zero attached hydrogens (tertiary/aromatic N) is 2. The highest BCUT2D eigenvalue weighted by molar-refractivity contribution is 7.99. The quantitative estimate of drug-likeness (QED) is 0.356. The second-order valence-electron chi connectivity index (χ2n) is 5.50. The third-order valence-electron chi connectivity index (χ3n) is 3.54. The van der Waals surface area contributed by atoms with Crippen LogP contribution in [-0.4, -0.2) is 36.9 Å². The molecule has 27 heavy (non-hydrogen) atoms. The largest absolute Gasteiger partial charge is 0.506 e. The Morgan fingerprint density at radius 3 is 2.78 bits per heavy atom. The van der Waals surface area contributed by atoms with E-state index in [0.29, 0.717) is 16.9 Å². The van der Waals surface area contributed by atoms with Crippen LogP contribution in [0.3, 0.4) is 0 Å². The number of phenolic OH excluding ortho intramolecular Hbond substituents is 1. The van der Waals surface area contributed by atoms with E-state index in [2.05, 4.69) is 25.5 Å². The standard InChI is InChI=1S/C16H15N5O5S/c1-8-9(14(24)19-15(25)17-8)6-13-20-21-16(26-13)27-7-12(23)18-10-4-2-3-5-11(10)22/h2-5,22H,6-7H2,1H3,(H,18,23)(H2,17,19,24,25). The second kappa shape index (κ2) is 7.91. The molecule has 3 aromatic rings. The van der Waals surface area contributed by atoms with Crippen LogP contribution in [0.2, 0.25) is 0 Å². The Morgan fingerprint density at radius 1 is 1.26 bits per heavy atom. The van der Waals surface area contributed by atoms with E-state index in [0.717, 1.165) is 11.8 Å². The number of benzene rings is 1. The lowest BCUT2D eigenvalue weighted by molar-refractivity contribution is -0.113. The Balaban J connectivity index is 1.60. The lowest BCUT2D eigenvalue weighted by Crippen LogP contribution is -2.27. The average Bonchev–Trinajstić information content (AvgIpc) is 3.06. The number of carbonyl (C=O) groups is 1. The Kier molecular flexibility index (Phi) is 5.41. The van der Waals surface area contributed by atoms with Crippen molar-refractivity contribution in [2.24, 2.45) is 0 Å². The molecule has 2 aromatic heterocycles. The summed E-state index contributed by atoms with van der Waals surface area (Å²) in [6.07, 6.45) is 0.0512. The summed E-state index contributed by atoms with van der Waals surface area (Å²) in [6.45, 7) is 1.60. The first-order chi connectivity index (χ1) is 12.9. The maximum absolute atomic E-state index is 11.9. The Morgan fingerprint density at radius 2 is 2.04 bits per heavy atom. The predicted molar refractivity (Wildman–Crippen MR) is 97.0 cm³/mol. The van der Waals surface area contributed by atoms with Crippen molar-refractivity contribution in [3.05, 3.63) is 62.3 Å². The minimum atomic E-state index is -0.585. The number of para-hydroxylation sites is 2. The number of thioether (sulfide) groups is 1. The highest BCUT2D eigenvalue weighted by Crippen LogP contribution is 2.23. The number of rotatable bonds is 6. The molecule has 2 heterocycles. The number of amides is 1. The van der Waals surface area contributed by atoms with Crippen LogP contribution in [0.1, 0.15) is 17.1 Å². The molecule has 10 nitrogen and oxygen atoms in total. The van der Waals surface area contributed by atoms with Gasteiger partial charge in [0.15, 0.2) is 0 Å². The number of aromatic amines is 2. The lowest BCUT2D eigenvalue weighted by atomic mass is 10.2. The number of hydrogen-bond donors (Lipinski definition) is 4. The molecule has 4 N–H and O–H groups in total. The molecule has 0 atom stereocenters. The van der Waals surface area contributed by atoms with Crippen molar-refractivity contribution in [3.8, 4) is 5.75 Å². The van der Waals surface area contributed by atoms with Gasteiger partial charge < -0.3 is 19.8 Å². The van der Waals surface area contributed by atoms with Gasteiger partial charge in [-0.3, -0.25) is 14.6 Å². The molecule has 0 bridgehead atoms. The van der Waals surface area contributed by atoms with Gasteiger partial charge in [-0.25, -0.2) is 4.79 Å². The van der Waals surface area contributed by atoms with Crippen molar-refractivity contribution in [2.75, 3.05) is 11.1 Å². The maximum Gasteiger partial charge on any atom is 0.325 e. The number of nitrogens with one attached hydrogen (secondary N) is 3. The molecule has 11 heteroatoms. The van der Waals surface area contributed by atoms with Crippen LogP contribution in [0, 0.1) is 6.92 Å². The van der Waals surface area contributed by atoms with E-state index >= 15 is 0 Å². The molecule has 0 radical (unpaired) electrons. The summed E-state index contributed by atoms with van der Waals surface area (Å²) in [6, 6.07) is 6.38. The molecule has 0 aliphatic carbocycles. The van der Waals surface area contributed by atoms with Crippen molar-refractivity contribution in [2.45, 2.75) is 18.6 Å². The first kappa shape index (κ1) is 18.5. The topological polar surface area (TPSA) is 154 Å². The molecule has 0 fully saturated rings. The average molecular weight is 389 g/mol. The number of aromatic hydroxyl groups is 1. The number of aromatic nitrogens is 4. The predicted octanol–water partition coefficient (Wildman–Crippen LogP) is 0.782. The van der Waals surface area contributed by atoms with Gasteiger partial charge in [0.25, 0.3) is 10.8 Å². The summed E-state index contributed by atoms with van der Waals surface area (Å²) in [5, 5.41) is 20.0. The van der Waals surface area contributed by atoms with Gasteiger partial charge in [-0.15, -0.1) is 10.2 Å². The fraction of sp³-hybridized carbons (Fsp3) is 0.188. The van der Waals surface area contributed by atoms with Crippen LogP contribution in [0.4, 0.5) is 5.69 Å². The summed E-state index contributed by atoms with van der Waals surface area (Å²) in [5.74, 6) is -0.209. The summed E-state index contributed by atoms with van der Waals surface area (Å²) in [4.78, 5) is 39.6. The Labute approximate surface area is 156 Å². The molecule has 1 aromatic carbocycles. The number of hydrogen-bond acceptors (Lipinski definition) is 8. The number of aryl methyl sites for hydroxylation is 1. The molecule has 3 rings (SSSR count). The van der Waals surface area contributed by atoms with Crippen LogP contribution >= 0.6 is 11.8 Å². The third-order valence-corrected chi connectivity index (χ3v) is 4.35. The molecule has 0 aliphatic heterocycles. The molecule has 0 saturated carbocycles. The zero-order valence-electron chi connectivity index (χ0n) is 14.1. The van der Waals surface area contributed by atoms with Gasteiger partial charge >= 0.3 is 5.69 Å². The van der Waals surface area contributed by atoms with Gasteiger partial charge in [-0.1, -0.05) is 23.9 Å². The van der Waals surface area contributed by atoms with Crippen LogP contribution in [-0.2, 0) is 11.2 Å². The van der Waals surface area contributed by atoms with Gasteiger partial charge in [-0.2, -0.15) is 0 Å². The fourth-order valence-electron chi connectivity index (χ4n) is 2.25. The molecule has 0 unspecified atom stereocenters. The van der Waals surface area contributed by atoms with E-state index in [1.165, 1.54) is 6.07 Å². The number of H-pyrrole nitrogens is 2. The fourth-order valence-corrected chi connectivity index (χ4v) is 2.83. The minimum Gasteiger partial charge on any atom is -0.506 e. The molecule has 140 valence electrons. The zero-order valence-corrected chi connectivity index (χ0v) is 14.9. The molecule has 0 saturated heterocycles. The van der Waals surface area contributed by atoms with Crippen molar-refractivity contribution in [1.82, 2.24) is 20.2 Å². The number of anilines is 1. The highest BCUT2D eigenvalue weighted by Gasteiger charge is 2.14. The third kappa shape index (κ3) is 4.64. The van der Waals surface area contributed by atoms with Crippen molar-refractivity contribution in [3.63, 3.8) is 0 Å². The zero-order chi connectivity index (χ0) is 19.4. The van der Waals surface area contributed by atoms with E-state index in [1.54, 1.807) is 25.1 Å². The first-order valence-corrected chi connectivity index (χ1v) is 8.76. The van der Waals surface area contributed by atoms with Crippen LogP contribution in [0.25, 0.3) is 0 Å². The van der Waals surface area contributed by atoms with Crippen LogP contribution in [0.5, 0.6) is 5.75 Å². The van der Waals surface area contributed by atoms with E-state index in [4.69, 9.17) is 4.42 Å².